The van der Waals surface area contributed by atoms with Crippen LogP contribution in [0.3, 0.4) is 0 Å². The molecule has 3 fully saturated rings. The van der Waals surface area contributed by atoms with E-state index in [9.17, 15) is 15.3 Å². The Balaban J connectivity index is 1.91. The predicted molar refractivity (Wildman–Crippen MR) is 75.5 cm³/mol. The summed E-state index contributed by atoms with van der Waals surface area (Å²) >= 11 is 0. The zero-order valence-corrected chi connectivity index (χ0v) is 12.9. The number of aliphatic hydroxyl groups is 3. The minimum absolute atomic E-state index is 0.217. The molecular formula is C14H26N2O6. The normalized spacial score (nSPS) is 58.8. The molecule has 3 aliphatic rings. The lowest BCUT2D eigenvalue weighted by Gasteiger charge is -2.58. The third-order valence-electron chi connectivity index (χ3n) is 5.25. The smallest absolute Gasteiger partial charge is 0.248 e. The SMILES string of the molecule is CCC1(O)CC(C)OC2OC3CC(N)C(O)C(N)C3OC21O. The van der Waals surface area contributed by atoms with Gasteiger partial charge in [0.05, 0.1) is 24.4 Å². The van der Waals surface area contributed by atoms with Gasteiger partial charge in [0.2, 0.25) is 12.1 Å². The highest BCUT2D eigenvalue weighted by Crippen LogP contribution is 2.47. The molecule has 0 radical (unpaired) electrons. The van der Waals surface area contributed by atoms with Gasteiger partial charge in [0.15, 0.2) is 0 Å². The van der Waals surface area contributed by atoms with Crippen molar-refractivity contribution in [3.05, 3.63) is 0 Å². The second-order valence-electron chi connectivity index (χ2n) is 6.79. The van der Waals surface area contributed by atoms with E-state index in [0.29, 0.717) is 6.42 Å². The quantitative estimate of drug-likeness (QED) is 0.380. The Labute approximate surface area is 129 Å². The molecule has 0 spiro atoms. The fourth-order valence-corrected chi connectivity index (χ4v) is 3.80. The molecule has 2 heterocycles. The standard InChI is InChI=1S/C14H26N2O6/c1-3-13(18)5-6(2)20-12-14(13,19)22-11-8(21-12)4-7(15)10(17)9(11)16/h6-12,17-19H,3-5,15-16H2,1-2H3. The van der Waals surface area contributed by atoms with E-state index in [0.717, 1.165) is 0 Å². The Kier molecular flexibility index (Phi) is 4.02. The van der Waals surface area contributed by atoms with Gasteiger partial charge in [-0.05, 0) is 19.8 Å². The molecule has 7 N–H and O–H groups in total. The van der Waals surface area contributed by atoms with Gasteiger partial charge in [0.25, 0.3) is 0 Å². The van der Waals surface area contributed by atoms with E-state index in [2.05, 4.69) is 0 Å². The van der Waals surface area contributed by atoms with Crippen LogP contribution < -0.4 is 11.5 Å². The highest BCUT2D eigenvalue weighted by atomic mass is 16.8. The second-order valence-corrected chi connectivity index (χ2v) is 6.79. The predicted octanol–water partition coefficient (Wildman–Crippen LogP) is -1.85. The number of aliphatic hydroxyl groups excluding tert-OH is 1. The van der Waals surface area contributed by atoms with Gasteiger partial charge in [-0.25, -0.2) is 0 Å². The Bertz CT molecular complexity index is 440. The van der Waals surface area contributed by atoms with Crippen molar-refractivity contribution in [3.63, 3.8) is 0 Å². The molecule has 0 aromatic carbocycles. The highest BCUT2D eigenvalue weighted by molar-refractivity contribution is 5.08. The van der Waals surface area contributed by atoms with Gasteiger partial charge < -0.3 is 41.0 Å². The zero-order valence-electron chi connectivity index (χ0n) is 12.9. The Hall–Kier alpha value is -0.320. The van der Waals surface area contributed by atoms with Gasteiger partial charge in [-0.15, -0.1) is 0 Å². The molecule has 2 aliphatic heterocycles. The first-order chi connectivity index (χ1) is 10.2. The summed E-state index contributed by atoms with van der Waals surface area (Å²) < 4.78 is 17.2. The van der Waals surface area contributed by atoms with Crippen molar-refractivity contribution in [1.82, 2.24) is 0 Å². The van der Waals surface area contributed by atoms with E-state index < -0.39 is 48.1 Å². The summed E-state index contributed by atoms with van der Waals surface area (Å²) in [5, 5.41) is 31.8. The van der Waals surface area contributed by atoms with Crippen molar-refractivity contribution in [1.29, 1.82) is 0 Å². The number of ether oxygens (including phenoxy) is 3. The van der Waals surface area contributed by atoms with Crippen LogP contribution in [-0.2, 0) is 14.2 Å². The summed E-state index contributed by atoms with van der Waals surface area (Å²) in [5.74, 6) is -2.02. The molecule has 8 heteroatoms. The van der Waals surface area contributed by atoms with Crippen LogP contribution in [0.1, 0.15) is 33.1 Å². The minimum atomic E-state index is -2.02. The fraction of sp³-hybridized carbons (Fsp3) is 1.00. The van der Waals surface area contributed by atoms with Gasteiger partial charge in [-0.1, -0.05) is 6.92 Å². The molecule has 0 amide bonds. The van der Waals surface area contributed by atoms with Gasteiger partial charge in [0.1, 0.15) is 11.7 Å². The summed E-state index contributed by atoms with van der Waals surface area (Å²) in [5.41, 5.74) is 10.3. The molecule has 128 valence electrons. The van der Waals surface area contributed by atoms with Crippen molar-refractivity contribution in [2.24, 2.45) is 11.5 Å². The van der Waals surface area contributed by atoms with Crippen LogP contribution in [0.5, 0.6) is 0 Å². The Morgan fingerprint density at radius 2 is 1.91 bits per heavy atom. The van der Waals surface area contributed by atoms with Crippen LogP contribution in [0.4, 0.5) is 0 Å². The van der Waals surface area contributed by atoms with E-state index in [1.54, 1.807) is 13.8 Å². The van der Waals surface area contributed by atoms with Crippen LogP contribution in [0, 0.1) is 0 Å². The largest absolute Gasteiger partial charge is 0.390 e. The molecule has 2 saturated heterocycles. The van der Waals surface area contributed by atoms with Crippen molar-refractivity contribution in [2.45, 2.75) is 87.3 Å². The van der Waals surface area contributed by atoms with Gasteiger partial charge >= 0.3 is 0 Å². The average molecular weight is 318 g/mol. The van der Waals surface area contributed by atoms with Crippen LogP contribution in [0.15, 0.2) is 0 Å². The van der Waals surface area contributed by atoms with Crippen LogP contribution in [-0.4, -0.2) is 69.5 Å². The Morgan fingerprint density at radius 1 is 1.23 bits per heavy atom. The van der Waals surface area contributed by atoms with Crippen molar-refractivity contribution < 1.29 is 29.5 Å². The number of hydrogen-bond donors (Lipinski definition) is 5. The number of fused-ring (bicyclic) bond motifs is 2. The Morgan fingerprint density at radius 3 is 2.55 bits per heavy atom. The first-order valence-corrected chi connectivity index (χ1v) is 7.84. The van der Waals surface area contributed by atoms with E-state index >= 15 is 0 Å². The molecule has 8 nitrogen and oxygen atoms in total. The molecule has 9 unspecified atom stereocenters. The van der Waals surface area contributed by atoms with Gasteiger partial charge in [-0.2, -0.15) is 0 Å². The van der Waals surface area contributed by atoms with Crippen molar-refractivity contribution >= 4 is 0 Å². The van der Waals surface area contributed by atoms with Crippen molar-refractivity contribution in [3.8, 4) is 0 Å². The summed E-state index contributed by atoms with van der Waals surface area (Å²) in [6.07, 6.45) is -2.78. The second kappa shape index (κ2) is 5.35. The number of nitrogens with two attached hydrogens (primary N) is 2. The van der Waals surface area contributed by atoms with Crippen LogP contribution in [0.25, 0.3) is 0 Å². The molecule has 0 aromatic rings. The third-order valence-corrected chi connectivity index (χ3v) is 5.25. The summed E-state index contributed by atoms with van der Waals surface area (Å²) in [7, 11) is 0. The lowest BCUT2D eigenvalue weighted by molar-refractivity contribution is -0.477. The van der Waals surface area contributed by atoms with Gasteiger partial charge in [-0.3, -0.25) is 0 Å². The summed E-state index contributed by atoms with van der Waals surface area (Å²) in [6, 6.07) is -1.34. The lowest BCUT2D eigenvalue weighted by atomic mass is 9.78. The molecule has 0 aromatic heterocycles. The molecule has 0 bridgehead atoms. The summed E-state index contributed by atoms with van der Waals surface area (Å²) in [6.45, 7) is 3.56. The molecule has 1 aliphatic carbocycles. The molecule has 9 atom stereocenters. The van der Waals surface area contributed by atoms with Crippen LogP contribution in [0.2, 0.25) is 0 Å². The van der Waals surface area contributed by atoms with E-state index in [1.807, 2.05) is 0 Å². The number of hydrogen-bond acceptors (Lipinski definition) is 8. The average Bonchev–Trinajstić information content (AvgIpc) is 2.46. The molecule has 3 rings (SSSR count). The zero-order chi connectivity index (χ0) is 16.3. The topological polar surface area (TPSA) is 140 Å². The lowest BCUT2D eigenvalue weighted by Crippen LogP contribution is -2.77. The van der Waals surface area contributed by atoms with Gasteiger partial charge in [0, 0.05) is 12.5 Å². The van der Waals surface area contributed by atoms with E-state index in [1.165, 1.54) is 0 Å². The molecule has 22 heavy (non-hydrogen) atoms. The fourth-order valence-electron chi connectivity index (χ4n) is 3.80. The maximum Gasteiger partial charge on any atom is 0.248 e. The third kappa shape index (κ3) is 2.22. The molecular weight excluding hydrogens is 292 g/mol. The maximum absolute atomic E-state index is 10.9. The summed E-state index contributed by atoms with van der Waals surface area (Å²) in [4.78, 5) is 0. The van der Waals surface area contributed by atoms with Crippen molar-refractivity contribution in [2.75, 3.05) is 0 Å². The maximum atomic E-state index is 10.9. The van der Waals surface area contributed by atoms with E-state index in [4.69, 9.17) is 25.7 Å². The van der Waals surface area contributed by atoms with Crippen LogP contribution >= 0.6 is 0 Å². The first-order valence-electron chi connectivity index (χ1n) is 7.84. The monoisotopic (exact) mass is 318 g/mol. The minimum Gasteiger partial charge on any atom is -0.390 e. The number of rotatable bonds is 1. The highest BCUT2D eigenvalue weighted by Gasteiger charge is 2.66. The molecule has 1 saturated carbocycles. The van der Waals surface area contributed by atoms with E-state index in [-0.39, 0.29) is 18.9 Å². The first kappa shape index (κ1) is 16.5.